The third kappa shape index (κ3) is 3.28. The van der Waals surface area contributed by atoms with Gasteiger partial charge in [-0.25, -0.2) is 4.52 Å². The molecular weight excluding hydrogens is 252 g/mol. The van der Waals surface area contributed by atoms with Crippen molar-refractivity contribution in [1.82, 2.24) is 19.5 Å². The molecule has 2 aromatic rings. The lowest BCUT2D eigenvalue weighted by molar-refractivity contribution is 0.446. The zero-order valence-electron chi connectivity index (χ0n) is 12.6. The van der Waals surface area contributed by atoms with Crippen molar-refractivity contribution in [2.45, 2.75) is 52.6 Å². The number of fused-ring (bicyclic) bond motifs is 1. The molecule has 0 aliphatic carbocycles. The predicted octanol–water partition coefficient (Wildman–Crippen LogP) is 1.97. The van der Waals surface area contributed by atoms with Crippen LogP contribution in [0, 0.1) is 6.92 Å². The number of hydrogen-bond donors (Lipinski definition) is 1. The quantitative estimate of drug-likeness (QED) is 0.841. The fourth-order valence-electron chi connectivity index (χ4n) is 2.57. The number of aromatic nitrogens is 3. The van der Waals surface area contributed by atoms with E-state index in [4.69, 9.17) is 0 Å². The zero-order chi connectivity index (χ0) is 14.5. The summed E-state index contributed by atoms with van der Waals surface area (Å²) in [7, 11) is 0. The smallest absolute Gasteiger partial charge is 0.276 e. The van der Waals surface area contributed by atoms with Gasteiger partial charge in [-0.2, -0.15) is 5.10 Å². The lowest BCUT2D eigenvalue weighted by Crippen LogP contribution is -2.29. The number of rotatable bonds is 7. The molecule has 2 aromatic heterocycles. The fraction of sp³-hybridized carbons (Fsp3) is 0.600. The molecule has 0 aromatic carbocycles. The van der Waals surface area contributed by atoms with Crippen molar-refractivity contribution < 1.29 is 0 Å². The molecule has 0 saturated heterocycles. The van der Waals surface area contributed by atoms with E-state index in [2.05, 4.69) is 24.3 Å². The van der Waals surface area contributed by atoms with Crippen LogP contribution < -0.4 is 10.9 Å². The Morgan fingerprint density at radius 2 is 2.15 bits per heavy atom. The van der Waals surface area contributed by atoms with Crippen LogP contribution in [0.1, 0.15) is 38.8 Å². The lowest BCUT2D eigenvalue weighted by atomic mass is 10.1. The van der Waals surface area contributed by atoms with Crippen LogP contribution >= 0.6 is 0 Å². The molecule has 0 aliphatic heterocycles. The molecule has 0 spiro atoms. The van der Waals surface area contributed by atoms with E-state index in [0.29, 0.717) is 11.6 Å². The van der Waals surface area contributed by atoms with Crippen molar-refractivity contribution in [2.24, 2.45) is 0 Å². The summed E-state index contributed by atoms with van der Waals surface area (Å²) in [6.07, 6.45) is 6.92. The summed E-state index contributed by atoms with van der Waals surface area (Å²) in [6.45, 7) is 7.99. The number of nitrogens with zero attached hydrogens (tertiary/aromatic N) is 3. The second kappa shape index (κ2) is 6.70. The third-order valence-corrected chi connectivity index (χ3v) is 3.66. The first kappa shape index (κ1) is 14.8. The van der Waals surface area contributed by atoms with Gasteiger partial charge in [0.1, 0.15) is 5.52 Å². The molecule has 0 saturated carbocycles. The summed E-state index contributed by atoms with van der Waals surface area (Å²) in [5.41, 5.74) is 1.58. The van der Waals surface area contributed by atoms with Crippen LogP contribution in [0.15, 0.2) is 23.3 Å². The Morgan fingerprint density at radius 1 is 1.35 bits per heavy atom. The molecule has 0 fully saturated rings. The van der Waals surface area contributed by atoms with Gasteiger partial charge >= 0.3 is 0 Å². The topological polar surface area (TPSA) is 51.3 Å². The molecule has 0 radical (unpaired) electrons. The van der Waals surface area contributed by atoms with Crippen LogP contribution in [-0.4, -0.2) is 26.8 Å². The van der Waals surface area contributed by atoms with Crippen LogP contribution in [0.5, 0.6) is 0 Å². The summed E-state index contributed by atoms with van der Waals surface area (Å²) in [5, 5.41) is 7.72. The van der Waals surface area contributed by atoms with Crippen LogP contribution in [-0.2, 0) is 6.54 Å². The average Bonchev–Trinajstić information content (AvgIpc) is 2.82. The maximum Gasteiger partial charge on any atom is 0.276 e. The van der Waals surface area contributed by atoms with Gasteiger partial charge in [0.2, 0.25) is 0 Å². The summed E-state index contributed by atoms with van der Waals surface area (Å²) >= 11 is 0. The molecule has 20 heavy (non-hydrogen) atoms. The highest BCUT2D eigenvalue weighted by Gasteiger charge is 2.07. The summed E-state index contributed by atoms with van der Waals surface area (Å²) in [4.78, 5) is 12.3. The van der Waals surface area contributed by atoms with Crippen molar-refractivity contribution in [2.75, 3.05) is 6.54 Å². The zero-order valence-corrected chi connectivity index (χ0v) is 12.6. The van der Waals surface area contributed by atoms with E-state index in [0.717, 1.165) is 38.0 Å². The van der Waals surface area contributed by atoms with Crippen LogP contribution in [0.4, 0.5) is 0 Å². The van der Waals surface area contributed by atoms with Crippen molar-refractivity contribution in [3.8, 4) is 0 Å². The monoisotopic (exact) mass is 276 g/mol. The highest BCUT2D eigenvalue weighted by Crippen LogP contribution is 2.04. The van der Waals surface area contributed by atoms with E-state index in [9.17, 15) is 4.79 Å². The van der Waals surface area contributed by atoms with Gasteiger partial charge in [-0.1, -0.05) is 13.8 Å². The van der Waals surface area contributed by atoms with Gasteiger partial charge in [-0.05, 0) is 38.8 Å². The molecule has 1 unspecified atom stereocenters. The number of nitrogens with one attached hydrogen (secondary N) is 1. The second-order valence-electron chi connectivity index (χ2n) is 5.22. The van der Waals surface area contributed by atoms with E-state index in [1.165, 1.54) is 0 Å². The van der Waals surface area contributed by atoms with E-state index in [1.54, 1.807) is 9.08 Å². The standard InChI is InChI=1S/C15H24N4O/c1-4-13(16-5-2)7-6-8-18-9-10-19-14(15(18)20)11-12(3)17-19/h9-11,13,16H,4-8H2,1-3H3. The van der Waals surface area contributed by atoms with Gasteiger partial charge in [0.05, 0.1) is 5.69 Å². The minimum absolute atomic E-state index is 0.0459. The maximum absolute atomic E-state index is 12.3. The van der Waals surface area contributed by atoms with E-state index >= 15 is 0 Å². The SMILES string of the molecule is CCNC(CC)CCCn1ccn2nc(C)cc2c1=O. The van der Waals surface area contributed by atoms with Crippen molar-refractivity contribution >= 4 is 5.52 Å². The van der Waals surface area contributed by atoms with Gasteiger partial charge in [0, 0.05) is 25.0 Å². The summed E-state index contributed by atoms with van der Waals surface area (Å²) in [6, 6.07) is 2.39. The molecule has 5 nitrogen and oxygen atoms in total. The first-order valence-electron chi connectivity index (χ1n) is 7.44. The van der Waals surface area contributed by atoms with Crippen molar-refractivity contribution in [3.63, 3.8) is 0 Å². The molecule has 1 atom stereocenters. The third-order valence-electron chi connectivity index (χ3n) is 3.66. The molecular formula is C15H24N4O. The molecule has 5 heteroatoms. The van der Waals surface area contributed by atoms with Gasteiger partial charge in [-0.15, -0.1) is 0 Å². The Morgan fingerprint density at radius 3 is 2.85 bits per heavy atom. The van der Waals surface area contributed by atoms with Gasteiger partial charge in [0.15, 0.2) is 0 Å². The lowest BCUT2D eigenvalue weighted by Gasteiger charge is -2.15. The molecule has 110 valence electrons. The Bertz CT molecular complexity index is 614. The van der Waals surface area contributed by atoms with Crippen molar-refractivity contribution in [3.05, 3.63) is 34.5 Å². The minimum atomic E-state index is 0.0459. The average molecular weight is 276 g/mol. The van der Waals surface area contributed by atoms with Crippen LogP contribution in [0.3, 0.4) is 0 Å². The molecule has 0 aliphatic rings. The summed E-state index contributed by atoms with van der Waals surface area (Å²) < 4.78 is 3.44. The first-order chi connectivity index (χ1) is 9.65. The Labute approximate surface area is 119 Å². The number of hydrogen-bond acceptors (Lipinski definition) is 3. The number of aryl methyl sites for hydroxylation is 2. The molecule has 1 N–H and O–H groups in total. The van der Waals surface area contributed by atoms with Crippen molar-refractivity contribution in [1.29, 1.82) is 0 Å². The van der Waals surface area contributed by atoms with Crippen LogP contribution in [0.2, 0.25) is 0 Å². The normalized spacial score (nSPS) is 12.9. The Kier molecular flexibility index (Phi) is 4.95. The summed E-state index contributed by atoms with van der Waals surface area (Å²) in [5.74, 6) is 0. The highest BCUT2D eigenvalue weighted by atomic mass is 16.1. The fourth-order valence-corrected chi connectivity index (χ4v) is 2.57. The Hall–Kier alpha value is -1.62. The second-order valence-corrected chi connectivity index (χ2v) is 5.22. The maximum atomic E-state index is 12.3. The van der Waals surface area contributed by atoms with E-state index < -0.39 is 0 Å². The highest BCUT2D eigenvalue weighted by molar-refractivity contribution is 5.44. The molecule has 2 rings (SSSR count). The van der Waals surface area contributed by atoms with E-state index in [1.807, 2.05) is 25.4 Å². The van der Waals surface area contributed by atoms with Gasteiger partial charge in [0.25, 0.3) is 5.56 Å². The van der Waals surface area contributed by atoms with E-state index in [-0.39, 0.29) is 5.56 Å². The molecule has 0 amide bonds. The first-order valence-corrected chi connectivity index (χ1v) is 7.44. The van der Waals surface area contributed by atoms with Crippen LogP contribution in [0.25, 0.3) is 5.52 Å². The van der Waals surface area contributed by atoms with Gasteiger partial charge < -0.3 is 9.88 Å². The Balaban J connectivity index is 2.03. The predicted molar refractivity (Wildman–Crippen MR) is 81.2 cm³/mol. The van der Waals surface area contributed by atoms with Gasteiger partial charge in [-0.3, -0.25) is 4.79 Å². The minimum Gasteiger partial charge on any atom is -0.314 e. The largest absolute Gasteiger partial charge is 0.314 e. The molecule has 0 bridgehead atoms. The molecule has 2 heterocycles.